The molecule has 0 amide bonds. The molecule has 0 unspecified atom stereocenters. The standard InChI is InChI=1S/C27H40O3/c1-16-13-18(28)14-20-19(16)15-27(30-20)17(2)7-8-22-25(5)11-10-23(29)24(3,4)21(25)9-12-26(22,27)6/h13-14,17,21-23,28-29H,7-12,15H2,1-6H3/t17-,21-,22+,23-,25-,26+,27+/m0/s1. The predicted octanol–water partition coefficient (Wildman–Crippen LogP) is 6.02. The van der Waals surface area contributed by atoms with Crippen LogP contribution in [-0.2, 0) is 6.42 Å². The topological polar surface area (TPSA) is 49.7 Å². The fourth-order valence-corrected chi connectivity index (χ4v) is 9.08. The Morgan fingerprint density at radius 3 is 2.43 bits per heavy atom. The zero-order valence-electron chi connectivity index (χ0n) is 19.7. The minimum absolute atomic E-state index is 0.0214. The van der Waals surface area contributed by atoms with E-state index in [-0.39, 0.29) is 27.9 Å². The summed E-state index contributed by atoms with van der Waals surface area (Å²) in [6.45, 7) is 14.2. The lowest BCUT2D eigenvalue weighted by atomic mass is 9.37. The largest absolute Gasteiger partial charge is 0.508 e. The van der Waals surface area contributed by atoms with Crippen molar-refractivity contribution in [2.24, 2.45) is 34.0 Å². The van der Waals surface area contributed by atoms with Crippen molar-refractivity contribution in [2.45, 2.75) is 98.2 Å². The molecule has 1 aromatic rings. The van der Waals surface area contributed by atoms with Crippen LogP contribution in [0.15, 0.2) is 12.1 Å². The molecule has 0 radical (unpaired) electrons. The number of aromatic hydroxyl groups is 1. The van der Waals surface area contributed by atoms with Gasteiger partial charge in [0.25, 0.3) is 0 Å². The van der Waals surface area contributed by atoms with Crippen LogP contribution in [0.25, 0.3) is 0 Å². The number of aliphatic hydroxyl groups is 1. The molecule has 3 fully saturated rings. The van der Waals surface area contributed by atoms with E-state index >= 15 is 0 Å². The van der Waals surface area contributed by atoms with Crippen LogP contribution in [0.5, 0.6) is 11.5 Å². The molecule has 3 heteroatoms. The number of hydrogen-bond donors (Lipinski definition) is 2. The van der Waals surface area contributed by atoms with E-state index in [4.69, 9.17) is 4.74 Å². The molecular weight excluding hydrogens is 372 g/mol. The molecular formula is C27H40O3. The molecule has 4 aliphatic rings. The lowest BCUT2D eigenvalue weighted by Crippen LogP contribution is -2.68. The third kappa shape index (κ3) is 2.36. The number of phenols is 1. The number of phenolic OH excluding ortho intramolecular Hbond substituents is 1. The van der Waals surface area contributed by atoms with Crippen LogP contribution in [0, 0.1) is 40.9 Å². The number of benzene rings is 1. The SMILES string of the molecule is Cc1cc(O)cc2c1C[C@@]1(O2)[C@@H](C)CC[C@@H]2[C@@]3(C)CC[C@H](O)C(C)(C)[C@@H]3CC[C@]21C. The molecule has 1 aliphatic heterocycles. The Morgan fingerprint density at radius 2 is 1.70 bits per heavy atom. The summed E-state index contributed by atoms with van der Waals surface area (Å²) < 4.78 is 6.97. The summed E-state index contributed by atoms with van der Waals surface area (Å²) in [5.74, 6) is 2.89. The first-order valence-corrected chi connectivity index (χ1v) is 12.2. The Kier molecular flexibility index (Phi) is 4.26. The van der Waals surface area contributed by atoms with Crippen LogP contribution < -0.4 is 4.74 Å². The van der Waals surface area contributed by atoms with Gasteiger partial charge in [0.2, 0.25) is 0 Å². The summed E-state index contributed by atoms with van der Waals surface area (Å²) in [7, 11) is 0. The monoisotopic (exact) mass is 412 g/mol. The molecule has 5 rings (SSSR count). The summed E-state index contributed by atoms with van der Waals surface area (Å²) in [4.78, 5) is 0. The van der Waals surface area contributed by atoms with E-state index in [0.717, 1.165) is 37.0 Å². The fourth-order valence-electron chi connectivity index (χ4n) is 9.08. The maximum absolute atomic E-state index is 10.8. The highest BCUT2D eigenvalue weighted by molar-refractivity contribution is 5.50. The average molecular weight is 413 g/mol. The zero-order chi connectivity index (χ0) is 21.7. The van der Waals surface area contributed by atoms with Crippen LogP contribution >= 0.6 is 0 Å². The minimum Gasteiger partial charge on any atom is -0.508 e. The molecule has 30 heavy (non-hydrogen) atoms. The molecule has 1 aromatic carbocycles. The molecule has 166 valence electrons. The van der Waals surface area contributed by atoms with Crippen molar-refractivity contribution in [1.29, 1.82) is 0 Å². The van der Waals surface area contributed by atoms with E-state index < -0.39 is 0 Å². The number of ether oxygens (including phenoxy) is 1. The smallest absolute Gasteiger partial charge is 0.127 e. The maximum atomic E-state index is 10.8. The van der Waals surface area contributed by atoms with Crippen molar-refractivity contribution in [2.75, 3.05) is 0 Å². The second kappa shape index (κ2) is 6.18. The summed E-state index contributed by atoms with van der Waals surface area (Å²) in [6, 6.07) is 3.72. The predicted molar refractivity (Wildman–Crippen MR) is 120 cm³/mol. The van der Waals surface area contributed by atoms with Crippen LogP contribution in [-0.4, -0.2) is 21.9 Å². The Hall–Kier alpha value is -1.22. The molecule has 0 bridgehead atoms. The van der Waals surface area contributed by atoms with E-state index in [1.165, 1.54) is 24.8 Å². The van der Waals surface area contributed by atoms with Crippen LogP contribution in [0.2, 0.25) is 0 Å². The number of aliphatic hydroxyl groups excluding tert-OH is 1. The first kappa shape index (κ1) is 20.7. The Morgan fingerprint density at radius 1 is 0.967 bits per heavy atom. The van der Waals surface area contributed by atoms with Crippen LogP contribution in [0.3, 0.4) is 0 Å². The average Bonchev–Trinajstić information content (AvgIpc) is 3.05. The third-order valence-corrected chi connectivity index (χ3v) is 10.8. The summed E-state index contributed by atoms with van der Waals surface area (Å²) in [5, 5.41) is 21.0. The van der Waals surface area contributed by atoms with Crippen molar-refractivity contribution in [3.8, 4) is 11.5 Å². The zero-order valence-corrected chi connectivity index (χ0v) is 19.7. The van der Waals surface area contributed by atoms with Gasteiger partial charge in [-0.15, -0.1) is 0 Å². The normalized spacial score (nSPS) is 46.6. The molecule has 7 atom stereocenters. The van der Waals surface area contributed by atoms with E-state index in [1.807, 2.05) is 12.1 Å². The minimum atomic E-state index is -0.189. The van der Waals surface area contributed by atoms with Gasteiger partial charge in [0.15, 0.2) is 0 Å². The molecule has 2 N–H and O–H groups in total. The van der Waals surface area contributed by atoms with Gasteiger partial charge >= 0.3 is 0 Å². The van der Waals surface area contributed by atoms with Crippen LogP contribution in [0.4, 0.5) is 0 Å². The molecule has 1 spiro atoms. The summed E-state index contributed by atoms with van der Waals surface area (Å²) in [5.41, 5.74) is 2.60. The molecule has 3 saturated carbocycles. The van der Waals surface area contributed by atoms with Gasteiger partial charge in [-0.25, -0.2) is 0 Å². The van der Waals surface area contributed by atoms with Crippen molar-refractivity contribution >= 4 is 0 Å². The van der Waals surface area contributed by atoms with E-state index in [1.54, 1.807) is 0 Å². The molecule has 0 saturated heterocycles. The molecule has 0 aromatic heterocycles. The Bertz CT molecular complexity index is 875. The number of rotatable bonds is 0. The van der Waals surface area contributed by atoms with Gasteiger partial charge in [-0.3, -0.25) is 0 Å². The maximum Gasteiger partial charge on any atom is 0.127 e. The molecule has 3 nitrogen and oxygen atoms in total. The molecule has 3 aliphatic carbocycles. The summed E-state index contributed by atoms with van der Waals surface area (Å²) >= 11 is 0. The lowest BCUT2D eigenvalue weighted by Gasteiger charge is -2.69. The number of fused-ring (bicyclic) bond motifs is 5. The van der Waals surface area contributed by atoms with Gasteiger partial charge in [-0.05, 0) is 85.7 Å². The number of hydrogen-bond acceptors (Lipinski definition) is 3. The number of aryl methyl sites for hydroxylation is 1. The van der Waals surface area contributed by atoms with E-state index in [9.17, 15) is 10.2 Å². The first-order valence-electron chi connectivity index (χ1n) is 12.2. The highest BCUT2D eigenvalue weighted by Crippen LogP contribution is 2.71. The van der Waals surface area contributed by atoms with E-state index in [2.05, 4.69) is 41.5 Å². The third-order valence-electron chi connectivity index (χ3n) is 10.8. The lowest BCUT2D eigenvalue weighted by molar-refractivity contribution is -0.238. The van der Waals surface area contributed by atoms with Gasteiger partial charge in [0, 0.05) is 23.5 Å². The van der Waals surface area contributed by atoms with E-state index in [0.29, 0.717) is 23.5 Å². The highest BCUT2D eigenvalue weighted by Gasteiger charge is 2.69. The Labute approximate surface area is 182 Å². The highest BCUT2D eigenvalue weighted by atomic mass is 16.5. The van der Waals surface area contributed by atoms with Gasteiger partial charge in [-0.2, -0.15) is 0 Å². The van der Waals surface area contributed by atoms with Crippen molar-refractivity contribution in [3.63, 3.8) is 0 Å². The van der Waals surface area contributed by atoms with Crippen molar-refractivity contribution in [1.82, 2.24) is 0 Å². The molecule has 1 heterocycles. The van der Waals surface area contributed by atoms with Crippen molar-refractivity contribution in [3.05, 3.63) is 23.3 Å². The first-order chi connectivity index (χ1) is 14.0. The van der Waals surface area contributed by atoms with Gasteiger partial charge in [0.05, 0.1) is 6.10 Å². The quantitative estimate of drug-likeness (QED) is 0.547. The van der Waals surface area contributed by atoms with Crippen molar-refractivity contribution < 1.29 is 14.9 Å². The Balaban J connectivity index is 1.59. The summed E-state index contributed by atoms with van der Waals surface area (Å²) in [6.07, 6.45) is 7.63. The van der Waals surface area contributed by atoms with Gasteiger partial charge in [-0.1, -0.05) is 34.6 Å². The second-order valence-electron chi connectivity index (χ2n) is 12.3. The fraction of sp³-hybridized carbons (Fsp3) is 0.778. The second-order valence-corrected chi connectivity index (χ2v) is 12.3. The van der Waals surface area contributed by atoms with Gasteiger partial charge < -0.3 is 14.9 Å². The van der Waals surface area contributed by atoms with Crippen LogP contribution in [0.1, 0.15) is 84.3 Å². The van der Waals surface area contributed by atoms with Gasteiger partial charge in [0.1, 0.15) is 17.1 Å².